The number of urea groups is 1. The second kappa shape index (κ2) is 9.50. The number of rotatable bonds is 6. The number of anilines is 3. The zero-order valence-corrected chi connectivity index (χ0v) is 17.1. The van der Waals surface area contributed by atoms with Gasteiger partial charge in [0.2, 0.25) is 0 Å². The fraction of sp³-hybridized carbons (Fsp3) is 0.0500. The van der Waals surface area contributed by atoms with E-state index in [0.29, 0.717) is 17.1 Å². The number of benzene rings is 3. The number of carbonyl (C=O) groups excluding carboxylic acids is 1. The first-order valence-electron chi connectivity index (χ1n) is 8.37. The van der Waals surface area contributed by atoms with E-state index in [0.717, 1.165) is 10.0 Å². The molecule has 0 saturated heterocycles. The van der Waals surface area contributed by atoms with E-state index in [1.54, 1.807) is 36.4 Å². The summed E-state index contributed by atoms with van der Waals surface area (Å²) in [6.07, 6.45) is 0. The number of amides is 2. The molecule has 3 aromatic carbocycles. The van der Waals surface area contributed by atoms with Crippen LogP contribution in [0.2, 0.25) is 0 Å². The van der Waals surface area contributed by atoms with Crippen LogP contribution in [0.3, 0.4) is 0 Å². The van der Waals surface area contributed by atoms with Crippen LogP contribution in [0.5, 0.6) is 0 Å². The molecule has 0 aliphatic rings. The molecule has 1 atom stereocenters. The molecule has 0 spiro atoms. The van der Waals surface area contributed by atoms with Crippen LogP contribution in [0.15, 0.2) is 83.3 Å². The summed E-state index contributed by atoms with van der Waals surface area (Å²) >= 11 is 0.854. The first-order valence-corrected chi connectivity index (χ1v) is 10.2. The minimum atomic E-state index is -2.52. The average molecular weight is 459 g/mol. The van der Waals surface area contributed by atoms with Crippen molar-refractivity contribution < 1.29 is 13.6 Å². The van der Waals surface area contributed by atoms with Gasteiger partial charge in [-0.25, -0.2) is 4.79 Å². The third-order valence-corrected chi connectivity index (χ3v) is 5.27. The summed E-state index contributed by atoms with van der Waals surface area (Å²) in [6.45, 7) is 0.154. The number of nitrogens with zero attached hydrogens (tertiary/aromatic N) is 1. The highest BCUT2D eigenvalue weighted by Crippen LogP contribution is 2.29. The van der Waals surface area contributed by atoms with Crippen molar-refractivity contribution in [2.45, 2.75) is 6.54 Å². The lowest BCUT2D eigenvalue weighted by Gasteiger charge is -2.28. The normalized spacial score (nSPS) is 11.5. The van der Waals surface area contributed by atoms with Crippen LogP contribution in [0.4, 0.5) is 21.9 Å². The number of halogens is 1. The van der Waals surface area contributed by atoms with Crippen LogP contribution in [0.25, 0.3) is 0 Å². The van der Waals surface area contributed by atoms with Gasteiger partial charge in [-0.3, -0.25) is 8.51 Å². The van der Waals surface area contributed by atoms with Crippen molar-refractivity contribution in [1.29, 1.82) is 0 Å². The van der Waals surface area contributed by atoms with E-state index in [4.69, 9.17) is 0 Å². The van der Waals surface area contributed by atoms with Crippen molar-refractivity contribution in [1.82, 2.24) is 0 Å². The molecule has 0 saturated carbocycles. The van der Waals surface area contributed by atoms with E-state index in [2.05, 4.69) is 26.6 Å². The molecule has 3 rings (SSSR count). The van der Waals surface area contributed by atoms with E-state index in [1.165, 1.54) is 4.31 Å². The predicted molar refractivity (Wildman–Crippen MR) is 115 cm³/mol. The van der Waals surface area contributed by atoms with Gasteiger partial charge in [-0.15, -0.1) is 0 Å². The van der Waals surface area contributed by atoms with Gasteiger partial charge in [-0.1, -0.05) is 54.6 Å². The lowest BCUT2D eigenvalue weighted by atomic mass is 10.2. The van der Waals surface area contributed by atoms with Gasteiger partial charge in [0.05, 0.1) is 23.6 Å². The maximum absolute atomic E-state index is 12.4. The van der Waals surface area contributed by atoms with Crippen LogP contribution in [0, 0.1) is 0 Å². The highest BCUT2D eigenvalue weighted by atomic mass is 79.9. The molecule has 144 valence electrons. The van der Waals surface area contributed by atoms with Crippen molar-refractivity contribution in [2.24, 2.45) is 0 Å². The highest BCUT2D eigenvalue weighted by Gasteiger charge is 2.15. The van der Waals surface area contributed by atoms with E-state index in [1.807, 2.05) is 42.5 Å². The third-order valence-electron chi connectivity index (χ3n) is 3.89. The molecular formula is C20H17BrN3O3S-. The lowest BCUT2D eigenvalue weighted by molar-refractivity contribution is 0.262. The second-order valence-electron chi connectivity index (χ2n) is 5.82. The number of nitrogens with one attached hydrogen (secondary N) is 2. The third kappa shape index (κ3) is 5.19. The largest absolute Gasteiger partial charge is 0.755 e. The fourth-order valence-corrected chi connectivity index (χ4v) is 3.56. The zero-order chi connectivity index (χ0) is 19.9. The van der Waals surface area contributed by atoms with Gasteiger partial charge in [0.1, 0.15) is 0 Å². The molecule has 1 unspecified atom stereocenters. The van der Waals surface area contributed by atoms with E-state index in [9.17, 15) is 13.6 Å². The van der Waals surface area contributed by atoms with Crippen molar-refractivity contribution in [3.05, 3.63) is 88.9 Å². The molecule has 2 N–H and O–H groups in total. The Morgan fingerprint density at radius 3 is 2.14 bits per heavy atom. The van der Waals surface area contributed by atoms with E-state index >= 15 is 0 Å². The van der Waals surface area contributed by atoms with Gasteiger partial charge in [-0.05, 0) is 45.8 Å². The van der Waals surface area contributed by atoms with Gasteiger partial charge >= 0.3 is 6.03 Å². The van der Waals surface area contributed by atoms with Gasteiger partial charge in [0.15, 0.2) is 0 Å². The smallest absolute Gasteiger partial charge is 0.323 e. The molecule has 2 amide bonds. The fourth-order valence-electron chi connectivity index (χ4n) is 2.60. The SMILES string of the molecule is O=C(Nc1ccccc1Br)Nc1ccccc1N(Cc1ccccc1)S(=O)[O-]. The number of hydrogen-bond acceptors (Lipinski definition) is 3. The summed E-state index contributed by atoms with van der Waals surface area (Å²) in [5, 5.41) is 5.46. The first-order chi connectivity index (χ1) is 13.5. The standard InChI is InChI=1S/C20H18BrN3O3S/c21-16-10-4-5-11-17(16)22-20(25)23-18-12-6-7-13-19(18)24(28(26)27)14-15-8-2-1-3-9-15/h1-13H,14H2,(H,26,27)(H2,22,23,25)/p-1. The van der Waals surface area contributed by atoms with Crippen LogP contribution in [-0.4, -0.2) is 14.8 Å². The van der Waals surface area contributed by atoms with Crippen LogP contribution in [0.1, 0.15) is 5.56 Å². The Kier molecular flexibility index (Phi) is 6.80. The second-order valence-corrected chi connectivity index (χ2v) is 7.54. The van der Waals surface area contributed by atoms with Crippen LogP contribution >= 0.6 is 15.9 Å². The Bertz CT molecular complexity index is 985. The van der Waals surface area contributed by atoms with Gasteiger partial charge in [-0.2, -0.15) is 0 Å². The Balaban J connectivity index is 1.82. The minimum Gasteiger partial charge on any atom is -0.755 e. The number of para-hydroxylation sites is 3. The number of carbonyl (C=O) groups is 1. The molecule has 0 fully saturated rings. The molecule has 0 heterocycles. The van der Waals surface area contributed by atoms with E-state index < -0.39 is 17.3 Å². The van der Waals surface area contributed by atoms with Crippen LogP contribution in [-0.2, 0) is 17.8 Å². The quantitative estimate of drug-likeness (QED) is 0.515. The summed E-state index contributed by atoms with van der Waals surface area (Å²) < 4.78 is 25.7. The molecule has 3 aromatic rings. The van der Waals surface area contributed by atoms with Crippen molar-refractivity contribution in [3.8, 4) is 0 Å². The molecule has 0 aliphatic carbocycles. The predicted octanol–water partition coefficient (Wildman–Crippen LogP) is 4.89. The first kappa shape index (κ1) is 20.1. The summed E-state index contributed by atoms with van der Waals surface area (Å²) in [7, 11) is 0. The average Bonchev–Trinajstić information content (AvgIpc) is 2.69. The Labute approximate surface area is 174 Å². The van der Waals surface area contributed by atoms with Crippen molar-refractivity contribution in [3.63, 3.8) is 0 Å². The number of hydrogen-bond donors (Lipinski definition) is 2. The summed E-state index contributed by atoms with van der Waals surface area (Å²) in [6, 6.07) is 22.7. The van der Waals surface area contributed by atoms with Gasteiger partial charge < -0.3 is 15.2 Å². The molecule has 0 bridgehead atoms. The molecule has 0 aliphatic heterocycles. The summed E-state index contributed by atoms with van der Waals surface area (Å²) in [5.41, 5.74) is 2.19. The van der Waals surface area contributed by atoms with Gasteiger partial charge in [0.25, 0.3) is 0 Å². The molecule has 0 aromatic heterocycles. The maximum Gasteiger partial charge on any atom is 0.323 e. The van der Waals surface area contributed by atoms with Gasteiger partial charge in [0, 0.05) is 15.7 Å². The zero-order valence-electron chi connectivity index (χ0n) is 14.7. The minimum absolute atomic E-state index is 0.154. The van der Waals surface area contributed by atoms with Crippen molar-refractivity contribution >= 4 is 50.3 Å². The molecule has 0 radical (unpaired) electrons. The molecule has 6 nitrogen and oxygen atoms in total. The Morgan fingerprint density at radius 1 is 0.893 bits per heavy atom. The topological polar surface area (TPSA) is 84.5 Å². The molecule has 28 heavy (non-hydrogen) atoms. The van der Waals surface area contributed by atoms with Crippen LogP contribution < -0.4 is 14.9 Å². The Morgan fingerprint density at radius 2 is 1.46 bits per heavy atom. The maximum atomic E-state index is 12.4. The van der Waals surface area contributed by atoms with Crippen molar-refractivity contribution in [2.75, 3.05) is 14.9 Å². The molecular weight excluding hydrogens is 442 g/mol. The molecule has 8 heteroatoms. The van der Waals surface area contributed by atoms with E-state index in [-0.39, 0.29) is 6.54 Å². The highest BCUT2D eigenvalue weighted by molar-refractivity contribution is 9.10. The lowest BCUT2D eigenvalue weighted by Crippen LogP contribution is -2.27. The Hall–Kier alpha value is -2.68. The summed E-state index contributed by atoms with van der Waals surface area (Å²) in [5.74, 6) is 0. The summed E-state index contributed by atoms with van der Waals surface area (Å²) in [4.78, 5) is 12.4. The monoisotopic (exact) mass is 458 g/mol.